The maximum Gasteiger partial charge on any atom is 0.415 e. The lowest BCUT2D eigenvalue weighted by atomic mass is 10.3. The molecule has 1 unspecified atom stereocenters. The number of aliphatic hydroxyl groups excluding tert-OH is 1. The van der Waals surface area contributed by atoms with E-state index in [9.17, 15) is 13.2 Å². The number of halogens is 3. The Bertz CT molecular complexity index is 326. The van der Waals surface area contributed by atoms with E-state index in [1.807, 2.05) is 0 Å². The minimum atomic E-state index is -4.59. The van der Waals surface area contributed by atoms with E-state index < -0.39 is 18.8 Å². The van der Waals surface area contributed by atoms with Gasteiger partial charge < -0.3 is 10.4 Å². The van der Waals surface area contributed by atoms with Gasteiger partial charge in [0.25, 0.3) is 0 Å². The second kappa shape index (κ2) is 5.22. The molecule has 0 saturated carbocycles. The zero-order chi connectivity index (χ0) is 12.2. The summed E-state index contributed by atoms with van der Waals surface area (Å²) in [6.07, 6.45) is -3.95. The molecule has 1 aromatic heterocycles. The summed E-state index contributed by atoms with van der Waals surface area (Å²) in [7, 11) is 0. The molecule has 0 fully saturated rings. The van der Waals surface area contributed by atoms with Gasteiger partial charge in [-0.3, -0.25) is 9.97 Å². The molecule has 0 spiro atoms. The molecule has 7 heteroatoms. The number of aromatic nitrogens is 2. The molecule has 0 aliphatic heterocycles. The van der Waals surface area contributed by atoms with Crippen molar-refractivity contribution in [2.24, 2.45) is 0 Å². The lowest BCUT2D eigenvalue weighted by Gasteiger charge is -2.14. The van der Waals surface area contributed by atoms with E-state index in [1.165, 1.54) is 12.4 Å². The van der Waals surface area contributed by atoms with Gasteiger partial charge in [-0.15, -0.1) is 0 Å². The van der Waals surface area contributed by atoms with Crippen LogP contribution in [-0.2, 0) is 6.54 Å². The highest BCUT2D eigenvalue weighted by atomic mass is 19.4. The summed E-state index contributed by atoms with van der Waals surface area (Å²) in [6.45, 7) is 1.34. The zero-order valence-corrected chi connectivity index (χ0v) is 8.62. The average Bonchev–Trinajstić information content (AvgIpc) is 2.19. The molecule has 1 atom stereocenters. The van der Waals surface area contributed by atoms with Crippen LogP contribution in [0.5, 0.6) is 0 Å². The SMILES string of the molecule is Cc1cnc(CNCC(O)C(F)(F)F)cn1. The molecule has 0 aromatic carbocycles. The normalized spacial score (nSPS) is 13.8. The monoisotopic (exact) mass is 235 g/mol. The third-order valence-electron chi connectivity index (χ3n) is 1.86. The van der Waals surface area contributed by atoms with Crippen LogP contribution >= 0.6 is 0 Å². The van der Waals surface area contributed by atoms with Crippen molar-refractivity contribution >= 4 is 0 Å². The van der Waals surface area contributed by atoms with Crippen LogP contribution in [0.4, 0.5) is 13.2 Å². The molecule has 1 rings (SSSR count). The van der Waals surface area contributed by atoms with Crippen LogP contribution in [0.15, 0.2) is 12.4 Å². The van der Waals surface area contributed by atoms with Gasteiger partial charge in [0.1, 0.15) is 0 Å². The van der Waals surface area contributed by atoms with Gasteiger partial charge in [0, 0.05) is 25.5 Å². The molecule has 16 heavy (non-hydrogen) atoms. The molecule has 90 valence electrons. The number of nitrogens with one attached hydrogen (secondary N) is 1. The average molecular weight is 235 g/mol. The molecule has 1 heterocycles. The lowest BCUT2D eigenvalue weighted by Crippen LogP contribution is -2.38. The summed E-state index contributed by atoms with van der Waals surface area (Å²) in [5.41, 5.74) is 1.26. The molecule has 1 aromatic rings. The predicted molar refractivity (Wildman–Crippen MR) is 50.5 cm³/mol. The number of hydrogen-bond donors (Lipinski definition) is 2. The van der Waals surface area contributed by atoms with Gasteiger partial charge in [-0.05, 0) is 6.92 Å². The van der Waals surface area contributed by atoms with Crippen LogP contribution in [0.3, 0.4) is 0 Å². The number of aryl methyl sites for hydroxylation is 1. The second-order valence-corrected chi connectivity index (χ2v) is 3.34. The predicted octanol–water partition coefficient (Wildman–Crippen LogP) is 0.798. The van der Waals surface area contributed by atoms with E-state index in [-0.39, 0.29) is 6.54 Å². The molecule has 0 bridgehead atoms. The fourth-order valence-corrected chi connectivity index (χ4v) is 0.963. The summed E-state index contributed by atoms with van der Waals surface area (Å²) < 4.78 is 35.7. The fraction of sp³-hybridized carbons (Fsp3) is 0.556. The van der Waals surface area contributed by atoms with Crippen molar-refractivity contribution in [1.29, 1.82) is 0 Å². The van der Waals surface area contributed by atoms with E-state index >= 15 is 0 Å². The van der Waals surface area contributed by atoms with Crippen LogP contribution < -0.4 is 5.32 Å². The summed E-state index contributed by atoms with van der Waals surface area (Å²) in [5, 5.41) is 11.1. The Hall–Kier alpha value is -1.21. The Kier molecular flexibility index (Phi) is 4.19. The van der Waals surface area contributed by atoms with Crippen molar-refractivity contribution in [2.75, 3.05) is 6.54 Å². The Labute approximate surface area is 90.5 Å². The van der Waals surface area contributed by atoms with E-state index in [1.54, 1.807) is 6.92 Å². The molecule has 4 nitrogen and oxygen atoms in total. The van der Waals surface area contributed by atoms with Crippen molar-refractivity contribution in [2.45, 2.75) is 25.7 Å². The van der Waals surface area contributed by atoms with Crippen molar-refractivity contribution < 1.29 is 18.3 Å². The molecule has 0 radical (unpaired) electrons. The molecule has 0 amide bonds. The van der Waals surface area contributed by atoms with Gasteiger partial charge >= 0.3 is 6.18 Å². The highest BCUT2D eigenvalue weighted by molar-refractivity contribution is 5.00. The Morgan fingerprint density at radius 2 is 2.06 bits per heavy atom. The van der Waals surface area contributed by atoms with E-state index in [0.29, 0.717) is 5.69 Å². The maximum atomic E-state index is 11.9. The smallest absolute Gasteiger partial charge is 0.382 e. The van der Waals surface area contributed by atoms with E-state index in [0.717, 1.165) is 5.69 Å². The van der Waals surface area contributed by atoms with Crippen LogP contribution in [0.1, 0.15) is 11.4 Å². The molecule has 0 aliphatic carbocycles. The third kappa shape index (κ3) is 4.11. The Morgan fingerprint density at radius 1 is 1.38 bits per heavy atom. The van der Waals surface area contributed by atoms with Gasteiger partial charge in [0.15, 0.2) is 6.10 Å². The first-order chi connectivity index (χ1) is 7.39. The summed E-state index contributed by atoms with van der Waals surface area (Å²) in [4.78, 5) is 7.89. The third-order valence-corrected chi connectivity index (χ3v) is 1.86. The number of nitrogens with zero attached hydrogens (tertiary/aromatic N) is 2. The largest absolute Gasteiger partial charge is 0.415 e. The van der Waals surface area contributed by atoms with Crippen LogP contribution in [0, 0.1) is 6.92 Å². The fourth-order valence-electron chi connectivity index (χ4n) is 0.963. The molecule has 0 aliphatic rings. The van der Waals surface area contributed by atoms with E-state index in [2.05, 4.69) is 15.3 Å². The lowest BCUT2D eigenvalue weighted by molar-refractivity contribution is -0.201. The molecule has 0 saturated heterocycles. The van der Waals surface area contributed by atoms with Gasteiger partial charge in [0.05, 0.1) is 11.4 Å². The maximum absolute atomic E-state index is 11.9. The Balaban J connectivity index is 2.33. The molecular weight excluding hydrogens is 223 g/mol. The van der Waals surface area contributed by atoms with Gasteiger partial charge in [-0.25, -0.2) is 0 Å². The summed E-state index contributed by atoms with van der Waals surface area (Å²) >= 11 is 0. The van der Waals surface area contributed by atoms with Gasteiger partial charge in [-0.1, -0.05) is 0 Å². The first-order valence-electron chi connectivity index (χ1n) is 4.62. The minimum Gasteiger partial charge on any atom is -0.382 e. The van der Waals surface area contributed by atoms with Gasteiger partial charge in [-0.2, -0.15) is 13.2 Å². The zero-order valence-electron chi connectivity index (χ0n) is 8.62. The second-order valence-electron chi connectivity index (χ2n) is 3.34. The van der Waals surface area contributed by atoms with Crippen LogP contribution in [-0.4, -0.2) is 33.9 Å². The summed E-state index contributed by atoms with van der Waals surface area (Å²) in [5.74, 6) is 0. The highest BCUT2D eigenvalue weighted by Crippen LogP contribution is 2.19. The minimum absolute atomic E-state index is 0.139. The first kappa shape index (κ1) is 12.9. The standard InChI is InChI=1S/C9H12F3N3O/c1-6-2-15-7(4-14-6)3-13-5-8(16)9(10,11)12/h2,4,8,13,16H,3,5H2,1H3. The number of hydrogen-bond acceptors (Lipinski definition) is 4. The van der Waals surface area contributed by atoms with Crippen molar-refractivity contribution in [1.82, 2.24) is 15.3 Å². The van der Waals surface area contributed by atoms with E-state index in [4.69, 9.17) is 5.11 Å². The number of aliphatic hydroxyl groups is 1. The van der Waals surface area contributed by atoms with Crippen LogP contribution in [0.2, 0.25) is 0 Å². The van der Waals surface area contributed by atoms with Crippen molar-refractivity contribution in [3.8, 4) is 0 Å². The number of alkyl halides is 3. The van der Waals surface area contributed by atoms with Crippen molar-refractivity contribution in [3.05, 3.63) is 23.8 Å². The van der Waals surface area contributed by atoms with Gasteiger partial charge in [0.2, 0.25) is 0 Å². The quantitative estimate of drug-likeness (QED) is 0.810. The first-order valence-corrected chi connectivity index (χ1v) is 4.62. The topological polar surface area (TPSA) is 58.0 Å². The highest BCUT2D eigenvalue weighted by Gasteiger charge is 2.37. The number of rotatable bonds is 4. The Morgan fingerprint density at radius 3 is 2.56 bits per heavy atom. The summed E-state index contributed by atoms with van der Waals surface area (Å²) in [6, 6.07) is 0. The van der Waals surface area contributed by atoms with Crippen LogP contribution in [0.25, 0.3) is 0 Å². The van der Waals surface area contributed by atoms with Crippen molar-refractivity contribution in [3.63, 3.8) is 0 Å². The molecule has 2 N–H and O–H groups in total. The molecular formula is C9H12F3N3O.